The van der Waals surface area contributed by atoms with Gasteiger partial charge in [0, 0.05) is 25.3 Å². The molecule has 1 aliphatic heterocycles. The van der Waals surface area contributed by atoms with Crippen molar-refractivity contribution < 1.29 is 18.6 Å². The molecular formula is C29H37BrN2O6Si. The fourth-order valence-electron chi connectivity index (χ4n) is 5.28. The molecule has 1 N–H and O–H groups in total. The van der Waals surface area contributed by atoms with Gasteiger partial charge in [-0.3, -0.25) is 14.3 Å². The number of nitrogens with one attached hydrogen (secondary N) is 1. The van der Waals surface area contributed by atoms with Crippen molar-refractivity contribution in [2.24, 2.45) is 0 Å². The first-order valence-electron chi connectivity index (χ1n) is 13.1. The van der Waals surface area contributed by atoms with E-state index in [1.54, 1.807) is 14.0 Å². The Balaban J connectivity index is 1.72. The number of halogens is 1. The molecule has 4 atom stereocenters. The monoisotopic (exact) mass is 616 g/mol. The van der Waals surface area contributed by atoms with Gasteiger partial charge in [-0.1, -0.05) is 97.4 Å². The minimum atomic E-state index is -2.82. The maximum atomic E-state index is 12.7. The van der Waals surface area contributed by atoms with Crippen LogP contribution >= 0.6 is 15.9 Å². The van der Waals surface area contributed by atoms with Gasteiger partial charge in [-0.2, -0.15) is 0 Å². The Kier molecular flexibility index (Phi) is 9.46. The number of aromatic nitrogens is 2. The summed E-state index contributed by atoms with van der Waals surface area (Å²) in [6.45, 7) is 8.58. The molecule has 0 saturated carbocycles. The number of aryl methyl sites for hydroxylation is 1. The van der Waals surface area contributed by atoms with Crippen LogP contribution in [0.25, 0.3) is 0 Å². The van der Waals surface area contributed by atoms with E-state index in [2.05, 4.69) is 66.0 Å². The Morgan fingerprint density at radius 2 is 1.67 bits per heavy atom. The van der Waals surface area contributed by atoms with Crippen molar-refractivity contribution in [2.75, 3.05) is 19.0 Å². The van der Waals surface area contributed by atoms with Crippen molar-refractivity contribution in [2.45, 2.75) is 63.9 Å². The van der Waals surface area contributed by atoms with Crippen molar-refractivity contribution in [1.82, 2.24) is 9.55 Å². The first-order chi connectivity index (χ1) is 18.6. The lowest BCUT2D eigenvalue weighted by Gasteiger charge is -2.43. The van der Waals surface area contributed by atoms with Crippen LogP contribution in [-0.2, 0) is 18.6 Å². The van der Waals surface area contributed by atoms with Gasteiger partial charge in [-0.05, 0) is 22.3 Å². The van der Waals surface area contributed by atoms with E-state index in [9.17, 15) is 9.59 Å². The van der Waals surface area contributed by atoms with Crippen LogP contribution in [0.4, 0.5) is 0 Å². The van der Waals surface area contributed by atoms with Crippen molar-refractivity contribution in [3.05, 3.63) is 93.3 Å². The van der Waals surface area contributed by atoms with Crippen molar-refractivity contribution in [3.63, 3.8) is 0 Å². The Morgan fingerprint density at radius 1 is 1.08 bits per heavy atom. The number of hydrogen-bond acceptors (Lipinski definition) is 6. The lowest BCUT2D eigenvalue weighted by molar-refractivity contribution is -0.158. The second kappa shape index (κ2) is 12.4. The smallest absolute Gasteiger partial charge is 0.330 e. The number of hydrogen-bond donors (Lipinski definition) is 1. The van der Waals surface area contributed by atoms with E-state index in [4.69, 9.17) is 18.6 Å². The fraction of sp³-hybridized carbons (Fsp3) is 0.448. The second-order valence-corrected chi connectivity index (χ2v) is 15.8. The van der Waals surface area contributed by atoms with Crippen LogP contribution < -0.4 is 21.6 Å². The SMILES string of the molecule is COC(CBr)OC1C[C@H](n2cc(C)c(=O)[nH]c2=O)O[C@@H]1CO[Si](c1ccccc1)(c1ccccc1)C(C)(C)C. The highest BCUT2D eigenvalue weighted by Gasteiger charge is 2.51. The molecule has 10 heteroatoms. The summed E-state index contributed by atoms with van der Waals surface area (Å²) in [5.41, 5.74) is -0.503. The van der Waals surface area contributed by atoms with Crippen LogP contribution in [0.15, 0.2) is 76.4 Å². The molecule has 4 rings (SSSR count). The molecule has 0 aliphatic carbocycles. The van der Waals surface area contributed by atoms with E-state index in [0.717, 1.165) is 0 Å². The van der Waals surface area contributed by atoms with Crippen LogP contribution in [0, 0.1) is 6.92 Å². The van der Waals surface area contributed by atoms with Gasteiger partial charge in [0.15, 0.2) is 6.29 Å². The van der Waals surface area contributed by atoms with Gasteiger partial charge in [0.1, 0.15) is 12.3 Å². The third-order valence-electron chi connectivity index (χ3n) is 7.23. The van der Waals surface area contributed by atoms with Crippen molar-refractivity contribution in [1.29, 1.82) is 0 Å². The molecule has 1 aromatic heterocycles. The molecular weight excluding hydrogens is 580 g/mol. The number of rotatable bonds is 10. The second-order valence-electron chi connectivity index (χ2n) is 10.8. The molecule has 0 radical (unpaired) electrons. The van der Waals surface area contributed by atoms with Crippen molar-refractivity contribution >= 4 is 34.6 Å². The molecule has 1 aliphatic rings. The Hall–Kier alpha value is -2.34. The van der Waals surface area contributed by atoms with Crippen LogP contribution in [-0.4, -0.2) is 55.4 Å². The summed E-state index contributed by atoms with van der Waals surface area (Å²) >= 11 is 3.44. The Labute approximate surface area is 238 Å². The molecule has 1 saturated heterocycles. The summed E-state index contributed by atoms with van der Waals surface area (Å²) in [5, 5.41) is 2.60. The molecule has 0 amide bonds. The summed E-state index contributed by atoms with van der Waals surface area (Å²) in [5.74, 6) is 0. The molecule has 0 bridgehead atoms. The first kappa shape index (κ1) is 29.6. The number of methoxy groups -OCH3 is 1. The molecule has 1 fully saturated rings. The number of ether oxygens (including phenoxy) is 3. The number of H-pyrrole nitrogens is 1. The fourth-order valence-corrected chi connectivity index (χ4v) is 10.3. The average molecular weight is 618 g/mol. The Bertz CT molecular complexity index is 1300. The van der Waals surface area contributed by atoms with Gasteiger partial charge in [-0.15, -0.1) is 0 Å². The molecule has 210 valence electrons. The molecule has 8 nitrogen and oxygen atoms in total. The van der Waals surface area contributed by atoms with Gasteiger partial charge in [-0.25, -0.2) is 4.79 Å². The molecule has 2 heterocycles. The number of nitrogens with zero attached hydrogens (tertiary/aromatic N) is 1. The molecule has 39 heavy (non-hydrogen) atoms. The predicted molar refractivity (Wildman–Crippen MR) is 158 cm³/mol. The van der Waals surface area contributed by atoms with Crippen LogP contribution in [0.3, 0.4) is 0 Å². The zero-order valence-corrected chi connectivity index (χ0v) is 25.6. The maximum Gasteiger partial charge on any atom is 0.330 e. The highest BCUT2D eigenvalue weighted by Crippen LogP contribution is 2.38. The summed E-state index contributed by atoms with van der Waals surface area (Å²) in [4.78, 5) is 27.0. The van der Waals surface area contributed by atoms with E-state index in [0.29, 0.717) is 17.3 Å². The van der Waals surface area contributed by atoms with Crippen molar-refractivity contribution in [3.8, 4) is 0 Å². The number of aromatic amines is 1. The summed E-state index contributed by atoms with van der Waals surface area (Å²) in [6, 6.07) is 20.8. The molecule has 0 spiro atoms. The van der Waals surface area contributed by atoms with E-state index >= 15 is 0 Å². The van der Waals surface area contributed by atoms with Gasteiger partial charge in [0.05, 0.1) is 18.0 Å². The lowest BCUT2D eigenvalue weighted by Crippen LogP contribution is -2.67. The van der Waals surface area contributed by atoms with E-state index in [1.807, 2.05) is 36.4 Å². The predicted octanol–water partition coefficient (Wildman–Crippen LogP) is 3.46. The Morgan fingerprint density at radius 3 is 2.18 bits per heavy atom. The largest absolute Gasteiger partial charge is 0.405 e. The average Bonchev–Trinajstić information content (AvgIpc) is 3.32. The molecule has 3 aromatic rings. The van der Waals surface area contributed by atoms with Crippen LogP contribution in [0.5, 0.6) is 0 Å². The minimum Gasteiger partial charge on any atom is -0.405 e. The van der Waals surface area contributed by atoms with Gasteiger partial charge >= 0.3 is 5.69 Å². The topological polar surface area (TPSA) is 91.8 Å². The zero-order valence-electron chi connectivity index (χ0n) is 23.1. The van der Waals surface area contributed by atoms with Gasteiger partial charge in [0.25, 0.3) is 13.9 Å². The first-order valence-corrected chi connectivity index (χ1v) is 16.1. The van der Waals surface area contributed by atoms with E-state index in [-0.39, 0.29) is 11.6 Å². The third-order valence-corrected chi connectivity index (χ3v) is 12.8. The lowest BCUT2D eigenvalue weighted by atomic mass is 10.2. The number of benzene rings is 2. The van der Waals surface area contributed by atoms with E-state index in [1.165, 1.54) is 21.1 Å². The maximum absolute atomic E-state index is 12.7. The molecule has 2 aromatic carbocycles. The quantitative estimate of drug-likeness (QED) is 0.213. The van der Waals surface area contributed by atoms with Gasteiger partial charge in [0.2, 0.25) is 0 Å². The highest BCUT2D eigenvalue weighted by molar-refractivity contribution is 9.09. The zero-order chi connectivity index (χ0) is 28.2. The summed E-state index contributed by atoms with van der Waals surface area (Å²) in [6.07, 6.45) is -0.0812. The molecule has 2 unspecified atom stereocenters. The summed E-state index contributed by atoms with van der Waals surface area (Å²) < 4.78 is 26.8. The highest BCUT2D eigenvalue weighted by atomic mass is 79.9. The van der Waals surface area contributed by atoms with E-state index < -0.39 is 44.3 Å². The third kappa shape index (κ3) is 6.21. The van der Waals surface area contributed by atoms with Crippen LogP contribution in [0.2, 0.25) is 5.04 Å². The van der Waals surface area contributed by atoms with Crippen LogP contribution in [0.1, 0.15) is 39.0 Å². The number of alkyl halides is 1. The normalized spacial score (nSPS) is 20.7. The summed E-state index contributed by atoms with van der Waals surface area (Å²) in [7, 11) is -1.24. The minimum absolute atomic E-state index is 0.206. The standard InChI is InChI=1S/C29H37BrN2O6Si/c1-20-18-32(28(34)31-27(20)33)25-16-23(38-26(17-30)35-5)24(37-25)19-36-39(29(2,3)4,21-12-8-6-9-13-21)22-14-10-7-11-15-22/h6-15,18,23-26H,16-17,19H2,1-5H3,(H,31,33,34)/t23?,24-,25-,26?/m1/s1. The van der Waals surface area contributed by atoms with Gasteiger partial charge < -0.3 is 18.6 Å².